The molecule has 0 unspecified atom stereocenters. The predicted molar refractivity (Wildman–Crippen MR) is 82.6 cm³/mol. The minimum atomic E-state index is -0.0172. The van der Waals surface area contributed by atoms with E-state index in [1.54, 1.807) is 7.11 Å². The maximum Gasteiger partial charge on any atom is 0.317 e. The smallest absolute Gasteiger partial charge is 0.317 e. The van der Waals surface area contributed by atoms with Crippen molar-refractivity contribution in [3.8, 4) is 0 Å². The third-order valence-electron chi connectivity index (χ3n) is 3.67. The fourth-order valence-corrected chi connectivity index (χ4v) is 2.53. The maximum absolute atomic E-state index is 12.1. The van der Waals surface area contributed by atoms with Gasteiger partial charge >= 0.3 is 6.03 Å². The van der Waals surface area contributed by atoms with Crippen LogP contribution in [0.2, 0.25) is 0 Å². The Labute approximate surface area is 126 Å². The summed E-state index contributed by atoms with van der Waals surface area (Å²) in [6.07, 6.45) is 0. The Kier molecular flexibility index (Phi) is 5.38. The quantitative estimate of drug-likeness (QED) is 0.849. The molecule has 116 valence electrons. The van der Waals surface area contributed by atoms with Gasteiger partial charge in [-0.3, -0.25) is 0 Å². The summed E-state index contributed by atoms with van der Waals surface area (Å²) >= 11 is 0. The number of rotatable bonds is 4. The molecule has 1 N–H and O–H groups in total. The Morgan fingerprint density at radius 3 is 2.95 bits per heavy atom. The molecule has 2 heterocycles. The normalized spacial score (nSPS) is 18.7. The zero-order valence-electron chi connectivity index (χ0n) is 13.0. The molecule has 1 atom stereocenters. The summed E-state index contributed by atoms with van der Waals surface area (Å²) in [5.74, 6) is 0.987. The lowest BCUT2D eigenvalue weighted by molar-refractivity contribution is 0.161. The average molecular weight is 292 g/mol. The number of methoxy groups -OCH3 is 1. The van der Waals surface area contributed by atoms with Crippen molar-refractivity contribution in [2.75, 3.05) is 44.8 Å². The van der Waals surface area contributed by atoms with Gasteiger partial charge in [-0.2, -0.15) is 0 Å². The monoisotopic (exact) mass is 292 g/mol. The van der Waals surface area contributed by atoms with Crippen LogP contribution in [-0.2, 0) is 4.74 Å². The van der Waals surface area contributed by atoms with Gasteiger partial charge in [0.1, 0.15) is 5.82 Å². The van der Waals surface area contributed by atoms with E-state index in [1.807, 2.05) is 30.0 Å². The lowest BCUT2D eigenvalue weighted by Crippen LogP contribution is -2.57. The number of ether oxygens (including phenoxy) is 1. The molecule has 0 aliphatic carbocycles. The molecule has 0 saturated carbocycles. The number of carbonyl (C=O) groups excluding carboxylic acids is 1. The van der Waals surface area contributed by atoms with Crippen molar-refractivity contribution < 1.29 is 9.53 Å². The standard InChI is InChI=1S/C15H24N4O2/c1-12-5-4-6-14(17-12)18-8-9-19(13(2)11-18)15(20)16-7-10-21-3/h4-6,13H,7-11H2,1-3H3,(H,16,20)/t13-/m0/s1. The van der Waals surface area contributed by atoms with Crippen LogP contribution in [0.4, 0.5) is 10.6 Å². The molecule has 1 saturated heterocycles. The first-order valence-corrected chi connectivity index (χ1v) is 7.34. The van der Waals surface area contributed by atoms with Crippen LogP contribution in [0, 0.1) is 6.92 Å². The largest absolute Gasteiger partial charge is 0.383 e. The van der Waals surface area contributed by atoms with Gasteiger partial charge in [-0.05, 0) is 26.0 Å². The van der Waals surface area contributed by atoms with Crippen molar-refractivity contribution in [1.29, 1.82) is 0 Å². The van der Waals surface area contributed by atoms with Gasteiger partial charge in [0, 0.05) is 45.0 Å². The molecule has 2 amide bonds. The van der Waals surface area contributed by atoms with Crippen LogP contribution in [0.1, 0.15) is 12.6 Å². The van der Waals surface area contributed by atoms with Gasteiger partial charge < -0.3 is 19.9 Å². The molecule has 1 fully saturated rings. The lowest BCUT2D eigenvalue weighted by atomic mass is 10.2. The molecule has 0 radical (unpaired) electrons. The number of pyridine rings is 1. The first-order chi connectivity index (χ1) is 10.1. The number of amides is 2. The Morgan fingerprint density at radius 2 is 2.29 bits per heavy atom. The van der Waals surface area contributed by atoms with E-state index in [9.17, 15) is 4.79 Å². The van der Waals surface area contributed by atoms with Crippen molar-refractivity contribution in [1.82, 2.24) is 15.2 Å². The van der Waals surface area contributed by atoms with E-state index < -0.39 is 0 Å². The lowest BCUT2D eigenvalue weighted by Gasteiger charge is -2.40. The van der Waals surface area contributed by atoms with E-state index in [-0.39, 0.29) is 12.1 Å². The number of aromatic nitrogens is 1. The SMILES string of the molecule is COCCNC(=O)N1CCN(c2cccc(C)n2)C[C@@H]1C. The van der Waals surface area contributed by atoms with Crippen molar-refractivity contribution in [3.63, 3.8) is 0 Å². The second-order valence-electron chi connectivity index (χ2n) is 5.35. The molecule has 0 aromatic carbocycles. The highest BCUT2D eigenvalue weighted by molar-refractivity contribution is 5.75. The minimum Gasteiger partial charge on any atom is -0.383 e. The summed E-state index contributed by atoms with van der Waals surface area (Å²) < 4.78 is 4.94. The first-order valence-electron chi connectivity index (χ1n) is 7.34. The second kappa shape index (κ2) is 7.26. The summed E-state index contributed by atoms with van der Waals surface area (Å²) in [5, 5.41) is 2.88. The fourth-order valence-electron chi connectivity index (χ4n) is 2.53. The predicted octanol–water partition coefficient (Wildman–Crippen LogP) is 1.26. The number of piperazine rings is 1. The molecule has 1 aromatic heterocycles. The van der Waals surface area contributed by atoms with Crippen LogP contribution in [-0.4, -0.2) is 61.9 Å². The van der Waals surface area contributed by atoms with Crippen molar-refractivity contribution in [2.45, 2.75) is 19.9 Å². The van der Waals surface area contributed by atoms with Gasteiger partial charge in [-0.25, -0.2) is 9.78 Å². The highest BCUT2D eigenvalue weighted by Gasteiger charge is 2.27. The molecule has 2 rings (SSSR count). The Morgan fingerprint density at radius 1 is 1.48 bits per heavy atom. The molecule has 6 heteroatoms. The number of hydrogen-bond acceptors (Lipinski definition) is 4. The first kappa shape index (κ1) is 15.6. The van der Waals surface area contributed by atoms with Gasteiger partial charge in [0.05, 0.1) is 6.61 Å². The van der Waals surface area contributed by atoms with Crippen LogP contribution in [0.25, 0.3) is 0 Å². The zero-order chi connectivity index (χ0) is 15.2. The third kappa shape index (κ3) is 4.07. The Bertz CT molecular complexity index is 480. The van der Waals surface area contributed by atoms with Gasteiger partial charge in [-0.15, -0.1) is 0 Å². The van der Waals surface area contributed by atoms with Gasteiger partial charge in [0.15, 0.2) is 0 Å². The summed E-state index contributed by atoms with van der Waals surface area (Å²) in [7, 11) is 1.63. The summed E-state index contributed by atoms with van der Waals surface area (Å²) in [4.78, 5) is 20.8. The molecule has 1 aliphatic rings. The Balaban J connectivity index is 1.91. The van der Waals surface area contributed by atoms with Gasteiger partial charge in [0.25, 0.3) is 0 Å². The average Bonchev–Trinajstić information content (AvgIpc) is 2.47. The van der Waals surface area contributed by atoms with E-state index in [0.29, 0.717) is 19.7 Å². The number of nitrogens with zero attached hydrogens (tertiary/aromatic N) is 3. The summed E-state index contributed by atoms with van der Waals surface area (Å²) in [6, 6.07) is 6.17. The molecule has 0 bridgehead atoms. The van der Waals surface area contributed by atoms with Crippen LogP contribution in [0.3, 0.4) is 0 Å². The van der Waals surface area contributed by atoms with E-state index in [1.165, 1.54) is 0 Å². The van der Waals surface area contributed by atoms with Crippen LogP contribution in [0.5, 0.6) is 0 Å². The number of anilines is 1. The fraction of sp³-hybridized carbons (Fsp3) is 0.600. The van der Waals surface area contributed by atoms with Crippen molar-refractivity contribution in [3.05, 3.63) is 23.9 Å². The number of aryl methyl sites for hydroxylation is 1. The summed E-state index contributed by atoms with van der Waals surface area (Å²) in [6.45, 7) is 7.45. The highest BCUT2D eigenvalue weighted by atomic mass is 16.5. The minimum absolute atomic E-state index is 0.0172. The van der Waals surface area contributed by atoms with Crippen LogP contribution < -0.4 is 10.2 Å². The zero-order valence-corrected chi connectivity index (χ0v) is 13.0. The van der Waals surface area contributed by atoms with Crippen LogP contribution in [0.15, 0.2) is 18.2 Å². The topological polar surface area (TPSA) is 57.7 Å². The van der Waals surface area contributed by atoms with Crippen molar-refractivity contribution in [2.24, 2.45) is 0 Å². The van der Waals surface area contributed by atoms with E-state index in [0.717, 1.165) is 24.6 Å². The number of nitrogens with one attached hydrogen (secondary N) is 1. The Hall–Kier alpha value is -1.82. The number of urea groups is 1. The molecule has 1 aromatic rings. The molecular weight excluding hydrogens is 268 g/mol. The molecular formula is C15H24N4O2. The van der Waals surface area contributed by atoms with E-state index in [2.05, 4.69) is 22.1 Å². The number of hydrogen-bond donors (Lipinski definition) is 1. The molecule has 0 spiro atoms. The van der Waals surface area contributed by atoms with E-state index in [4.69, 9.17) is 4.74 Å². The highest BCUT2D eigenvalue weighted by Crippen LogP contribution is 2.17. The molecule has 6 nitrogen and oxygen atoms in total. The second-order valence-corrected chi connectivity index (χ2v) is 5.35. The number of carbonyl (C=O) groups is 1. The van der Waals surface area contributed by atoms with Gasteiger partial charge in [0.2, 0.25) is 0 Å². The third-order valence-corrected chi connectivity index (χ3v) is 3.67. The van der Waals surface area contributed by atoms with Crippen molar-refractivity contribution >= 4 is 11.8 Å². The maximum atomic E-state index is 12.1. The van der Waals surface area contributed by atoms with E-state index >= 15 is 0 Å². The molecule has 1 aliphatic heterocycles. The molecule has 21 heavy (non-hydrogen) atoms. The van der Waals surface area contributed by atoms with Crippen LogP contribution >= 0.6 is 0 Å². The van der Waals surface area contributed by atoms with Gasteiger partial charge in [-0.1, -0.05) is 6.07 Å². The summed E-state index contributed by atoms with van der Waals surface area (Å²) in [5.41, 5.74) is 1.01.